The number of hydrogen-bond donors (Lipinski definition) is 1. The maximum Gasteiger partial charge on any atom is 0.251 e. The average Bonchev–Trinajstić information content (AvgIpc) is 3.17. The van der Waals surface area contributed by atoms with Crippen molar-refractivity contribution in [2.45, 2.75) is 39.7 Å². The second-order valence-corrected chi connectivity index (χ2v) is 8.89. The lowest BCUT2D eigenvalue weighted by atomic mass is 10.1. The van der Waals surface area contributed by atoms with Crippen LogP contribution in [-0.2, 0) is 13.0 Å². The van der Waals surface area contributed by atoms with Crippen molar-refractivity contribution in [1.29, 1.82) is 0 Å². The molecule has 1 aromatic heterocycles. The SMILES string of the molecule is Cc1ccc(C(=O)NCCc2nc3ccccc3n2CCCCOc2ccccc2Cl)c(C)c1. The summed E-state index contributed by atoms with van der Waals surface area (Å²) in [6.45, 7) is 5.98. The molecule has 3 aromatic carbocycles. The van der Waals surface area contributed by atoms with Gasteiger partial charge in [-0.2, -0.15) is 0 Å². The van der Waals surface area contributed by atoms with Gasteiger partial charge in [0, 0.05) is 25.1 Å². The fraction of sp³-hybridized carbons (Fsp3) is 0.286. The number of halogens is 1. The highest BCUT2D eigenvalue weighted by Crippen LogP contribution is 2.23. The van der Waals surface area contributed by atoms with Crippen molar-refractivity contribution in [1.82, 2.24) is 14.9 Å². The molecule has 1 heterocycles. The van der Waals surface area contributed by atoms with Crippen LogP contribution in [0.3, 0.4) is 0 Å². The van der Waals surface area contributed by atoms with Crippen LogP contribution in [0.5, 0.6) is 5.75 Å². The number of para-hydroxylation sites is 3. The Kier molecular flexibility index (Phi) is 7.86. The monoisotopic (exact) mass is 475 g/mol. The van der Waals surface area contributed by atoms with Gasteiger partial charge in [0.05, 0.1) is 22.7 Å². The minimum atomic E-state index is -0.0446. The number of aromatic nitrogens is 2. The van der Waals surface area contributed by atoms with E-state index < -0.39 is 0 Å². The lowest BCUT2D eigenvalue weighted by Gasteiger charge is -2.12. The number of nitrogens with zero attached hydrogens (tertiary/aromatic N) is 2. The number of nitrogens with one attached hydrogen (secondary N) is 1. The number of carbonyl (C=O) groups excluding carboxylic acids is 1. The summed E-state index contributed by atoms with van der Waals surface area (Å²) in [6.07, 6.45) is 2.52. The third-order valence-electron chi connectivity index (χ3n) is 5.86. The van der Waals surface area contributed by atoms with E-state index in [1.165, 1.54) is 0 Å². The fourth-order valence-corrected chi connectivity index (χ4v) is 4.32. The topological polar surface area (TPSA) is 56.2 Å². The van der Waals surface area contributed by atoms with Crippen LogP contribution in [-0.4, -0.2) is 28.6 Å². The molecule has 0 atom stereocenters. The lowest BCUT2D eigenvalue weighted by Crippen LogP contribution is -2.27. The first kappa shape index (κ1) is 23.8. The average molecular weight is 476 g/mol. The maximum atomic E-state index is 12.6. The summed E-state index contributed by atoms with van der Waals surface area (Å²) in [5.74, 6) is 1.66. The number of imidazole rings is 1. The van der Waals surface area contributed by atoms with Crippen LogP contribution in [0.15, 0.2) is 66.7 Å². The molecule has 0 spiro atoms. The van der Waals surface area contributed by atoms with Crippen LogP contribution in [0.2, 0.25) is 5.02 Å². The molecule has 0 bridgehead atoms. The molecular weight excluding hydrogens is 446 g/mol. The van der Waals surface area contributed by atoms with Gasteiger partial charge >= 0.3 is 0 Å². The molecular formula is C28H30ClN3O2. The summed E-state index contributed by atoms with van der Waals surface area (Å²) < 4.78 is 8.08. The Morgan fingerprint density at radius 1 is 1.03 bits per heavy atom. The number of carbonyl (C=O) groups is 1. The predicted molar refractivity (Wildman–Crippen MR) is 138 cm³/mol. The van der Waals surface area contributed by atoms with E-state index in [4.69, 9.17) is 21.3 Å². The summed E-state index contributed by atoms with van der Waals surface area (Å²) in [4.78, 5) is 17.5. The van der Waals surface area contributed by atoms with Crippen molar-refractivity contribution < 1.29 is 9.53 Å². The quantitative estimate of drug-likeness (QED) is 0.280. The van der Waals surface area contributed by atoms with E-state index in [0.29, 0.717) is 24.6 Å². The Morgan fingerprint density at radius 2 is 1.82 bits per heavy atom. The zero-order valence-corrected chi connectivity index (χ0v) is 20.4. The fourth-order valence-electron chi connectivity index (χ4n) is 4.13. The number of hydrogen-bond acceptors (Lipinski definition) is 3. The molecule has 0 saturated heterocycles. The highest BCUT2D eigenvalue weighted by atomic mass is 35.5. The van der Waals surface area contributed by atoms with Crippen LogP contribution in [0.1, 0.15) is 40.2 Å². The van der Waals surface area contributed by atoms with Crippen LogP contribution < -0.4 is 10.1 Å². The number of rotatable bonds is 10. The van der Waals surface area contributed by atoms with E-state index >= 15 is 0 Å². The van der Waals surface area contributed by atoms with Crippen molar-refractivity contribution in [3.8, 4) is 5.75 Å². The third kappa shape index (κ3) is 5.78. The van der Waals surface area contributed by atoms with Crippen molar-refractivity contribution in [3.63, 3.8) is 0 Å². The van der Waals surface area contributed by atoms with Gasteiger partial charge in [0.25, 0.3) is 5.91 Å². The van der Waals surface area contributed by atoms with E-state index in [0.717, 1.165) is 58.7 Å². The van der Waals surface area contributed by atoms with Crippen LogP contribution >= 0.6 is 11.6 Å². The zero-order valence-electron chi connectivity index (χ0n) is 19.7. The Bertz CT molecular complexity index is 1280. The van der Waals surface area contributed by atoms with Gasteiger partial charge in [-0.3, -0.25) is 4.79 Å². The van der Waals surface area contributed by atoms with Gasteiger partial charge < -0.3 is 14.6 Å². The molecule has 5 nitrogen and oxygen atoms in total. The molecule has 1 amide bonds. The molecule has 4 aromatic rings. The Morgan fingerprint density at radius 3 is 2.65 bits per heavy atom. The molecule has 0 aliphatic heterocycles. The first-order chi connectivity index (χ1) is 16.5. The summed E-state index contributed by atoms with van der Waals surface area (Å²) in [5.41, 5.74) is 4.96. The minimum absolute atomic E-state index is 0.0446. The Labute approximate surface area is 205 Å². The molecule has 34 heavy (non-hydrogen) atoms. The zero-order chi connectivity index (χ0) is 23.9. The van der Waals surface area contributed by atoms with Gasteiger partial charge in [-0.1, -0.05) is 53.6 Å². The smallest absolute Gasteiger partial charge is 0.251 e. The van der Waals surface area contributed by atoms with Gasteiger partial charge in [0.1, 0.15) is 11.6 Å². The number of ether oxygens (including phenoxy) is 1. The maximum absolute atomic E-state index is 12.6. The molecule has 6 heteroatoms. The predicted octanol–water partition coefficient (Wildman–Crippen LogP) is 6.14. The molecule has 0 aliphatic rings. The van der Waals surface area contributed by atoms with E-state index in [-0.39, 0.29) is 5.91 Å². The van der Waals surface area contributed by atoms with Crippen molar-refractivity contribution in [2.75, 3.05) is 13.2 Å². The number of amides is 1. The molecule has 4 rings (SSSR count). The van der Waals surface area contributed by atoms with E-state index in [1.54, 1.807) is 0 Å². The van der Waals surface area contributed by atoms with Gasteiger partial charge in [-0.25, -0.2) is 4.98 Å². The molecule has 0 unspecified atom stereocenters. The van der Waals surface area contributed by atoms with Gasteiger partial charge in [0.2, 0.25) is 0 Å². The molecule has 0 saturated carbocycles. The Hall–Kier alpha value is -3.31. The molecule has 0 fully saturated rings. The van der Waals surface area contributed by atoms with Crippen LogP contribution in [0.4, 0.5) is 0 Å². The van der Waals surface area contributed by atoms with Crippen molar-refractivity contribution in [3.05, 3.63) is 94.3 Å². The molecule has 0 radical (unpaired) electrons. The second-order valence-electron chi connectivity index (χ2n) is 8.48. The van der Waals surface area contributed by atoms with E-state index in [2.05, 4.69) is 16.0 Å². The number of benzene rings is 3. The highest BCUT2D eigenvalue weighted by Gasteiger charge is 2.12. The molecule has 176 valence electrons. The summed E-state index contributed by atoms with van der Waals surface area (Å²) in [5, 5.41) is 3.69. The summed E-state index contributed by atoms with van der Waals surface area (Å²) in [6, 6.07) is 21.6. The standard InChI is InChI=1S/C28H30ClN3O2/c1-20-13-14-22(21(2)19-20)28(33)30-16-15-27-31-24-10-4-5-11-25(24)32(27)17-7-8-18-34-26-12-6-3-9-23(26)29/h3-6,9-14,19H,7-8,15-18H2,1-2H3,(H,30,33). The Balaban J connectivity index is 1.35. The highest BCUT2D eigenvalue weighted by molar-refractivity contribution is 6.32. The number of unbranched alkanes of at least 4 members (excludes halogenated alkanes) is 1. The number of fused-ring (bicyclic) bond motifs is 1. The first-order valence-electron chi connectivity index (χ1n) is 11.7. The van der Waals surface area contributed by atoms with Gasteiger partial charge in [0.15, 0.2) is 0 Å². The van der Waals surface area contributed by atoms with Crippen LogP contribution in [0, 0.1) is 13.8 Å². The van der Waals surface area contributed by atoms with Crippen molar-refractivity contribution in [2.24, 2.45) is 0 Å². The summed E-state index contributed by atoms with van der Waals surface area (Å²) >= 11 is 6.16. The van der Waals surface area contributed by atoms with Crippen molar-refractivity contribution >= 4 is 28.5 Å². The first-order valence-corrected chi connectivity index (χ1v) is 12.1. The molecule has 1 N–H and O–H groups in total. The van der Waals surface area contributed by atoms with Gasteiger partial charge in [-0.05, 0) is 62.6 Å². The molecule has 0 aliphatic carbocycles. The summed E-state index contributed by atoms with van der Waals surface area (Å²) in [7, 11) is 0. The third-order valence-corrected chi connectivity index (χ3v) is 6.18. The van der Waals surface area contributed by atoms with Crippen LogP contribution in [0.25, 0.3) is 11.0 Å². The van der Waals surface area contributed by atoms with Gasteiger partial charge in [-0.15, -0.1) is 0 Å². The number of aryl methyl sites for hydroxylation is 3. The van der Waals surface area contributed by atoms with E-state index in [9.17, 15) is 4.79 Å². The lowest BCUT2D eigenvalue weighted by molar-refractivity contribution is 0.0953. The second kappa shape index (κ2) is 11.2. The largest absolute Gasteiger partial charge is 0.492 e. The normalized spacial score (nSPS) is 11.0. The minimum Gasteiger partial charge on any atom is -0.492 e. The van der Waals surface area contributed by atoms with E-state index in [1.807, 2.05) is 74.5 Å².